The number of hydrogen-bond acceptors (Lipinski definition) is 5. The molecule has 5 nitrogen and oxygen atoms in total. The summed E-state index contributed by atoms with van der Waals surface area (Å²) in [4.78, 5) is 16.1. The van der Waals surface area contributed by atoms with Gasteiger partial charge < -0.3 is 15.4 Å². The lowest BCUT2D eigenvalue weighted by Crippen LogP contribution is -2.36. The summed E-state index contributed by atoms with van der Waals surface area (Å²) in [6.45, 7) is 3.61. The Balaban J connectivity index is 2.07. The van der Waals surface area contributed by atoms with Crippen LogP contribution in [0.4, 0.5) is 5.13 Å². The molecule has 0 atom stereocenters. The fourth-order valence-corrected chi connectivity index (χ4v) is 3.20. The van der Waals surface area contributed by atoms with Gasteiger partial charge in [0.2, 0.25) is 5.91 Å². The smallest absolute Gasteiger partial charge is 0.228 e. The maximum atomic E-state index is 11.6. The van der Waals surface area contributed by atoms with Crippen molar-refractivity contribution in [2.24, 2.45) is 5.92 Å². The number of carbonyl (C=O) groups excluding carboxylic acids is 1. The lowest BCUT2D eigenvalue weighted by atomic mass is 10.2. The van der Waals surface area contributed by atoms with Crippen LogP contribution in [-0.4, -0.2) is 23.1 Å². The van der Waals surface area contributed by atoms with Crippen LogP contribution in [0.2, 0.25) is 0 Å². The van der Waals surface area contributed by atoms with E-state index in [9.17, 15) is 4.79 Å². The maximum Gasteiger partial charge on any atom is 0.228 e. The molecule has 0 aliphatic rings. The van der Waals surface area contributed by atoms with Gasteiger partial charge in [-0.3, -0.25) is 4.79 Å². The van der Waals surface area contributed by atoms with E-state index < -0.39 is 0 Å². The molecule has 2 aromatic rings. The number of rotatable bonds is 4. The number of nitrogens with one attached hydrogen (secondary N) is 2. The largest absolute Gasteiger partial charge is 0.496 e. The third-order valence-corrected chi connectivity index (χ3v) is 4.51. The van der Waals surface area contributed by atoms with E-state index in [2.05, 4.69) is 31.5 Å². The summed E-state index contributed by atoms with van der Waals surface area (Å²) in [5, 5.41) is 8.35. The summed E-state index contributed by atoms with van der Waals surface area (Å²) in [7, 11) is 1.62. The Kier molecular flexibility index (Phi) is 6.09. The second-order valence-corrected chi connectivity index (χ2v) is 7.11. The predicted molar refractivity (Wildman–Crippen MR) is 101 cm³/mol. The normalized spacial score (nSPS) is 10.5. The van der Waals surface area contributed by atoms with Crippen molar-refractivity contribution in [1.29, 1.82) is 0 Å². The summed E-state index contributed by atoms with van der Waals surface area (Å²) < 4.78 is 6.08. The lowest BCUT2D eigenvalue weighted by Gasteiger charge is -2.08. The van der Waals surface area contributed by atoms with E-state index >= 15 is 0 Å². The van der Waals surface area contributed by atoms with Gasteiger partial charge in [-0.1, -0.05) is 13.8 Å². The zero-order valence-electron chi connectivity index (χ0n) is 12.8. The average Bonchev–Trinajstić information content (AvgIpc) is 2.95. The van der Waals surface area contributed by atoms with Crippen LogP contribution in [0.3, 0.4) is 0 Å². The van der Waals surface area contributed by atoms with Crippen LogP contribution in [0.25, 0.3) is 11.3 Å². The Morgan fingerprint density at radius 1 is 1.43 bits per heavy atom. The summed E-state index contributed by atoms with van der Waals surface area (Å²) in [6.07, 6.45) is 0. The highest BCUT2D eigenvalue weighted by molar-refractivity contribution is 9.10. The summed E-state index contributed by atoms with van der Waals surface area (Å²) >= 11 is 9.99. The molecule has 0 saturated carbocycles. The molecule has 0 unspecified atom stereocenters. The molecule has 2 N–H and O–H groups in total. The average molecular weight is 414 g/mol. The Morgan fingerprint density at radius 2 is 2.17 bits per heavy atom. The van der Waals surface area contributed by atoms with Gasteiger partial charge in [0.25, 0.3) is 0 Å². The van der Waals surface area contributed by atoms with Crippen LogP contribution in [0, 0.1) is 5.92 Å². The number of carbonyl (C=O) groups is 1. The van der Waals surface area contributed by atoms with Crippen LogP contribution in [0.15, 0.2) is 28.1 Å². The first-order chi connectivity index (χ1) is 10.9. The standard InChI is InChI=1S/C15H16BrN3O2S2/c1-8(2)13(20)18-14(22)19-15-17-11(7-23-15)9-4-5-12(21-3)10(16)6-9/h4-8H,1-3H3,(H2,17,18,19,20,22). The first kappa shape index (κ1) is 17.8. The van der Waals surface area contributed by atoms with Gasteiger partial charge in [0, 0.05) is 16.9 Å². The Hall–Kier alpha value is -1.51. The summed E-state index contributed by atoms with van der Waals surface area (Å²) in [5.74, 6) is 0.511. The third-order valence-electron chi connectivity index (χ3n) is 2.93. The van der Waals surface area contributed by atoms with Gasteiger partial charge in [0.05, 0.1) is 17.3 Å². The van der Waals surface area contributed by atoms with E-state index in [0.717, 1.165) is 21.5 Å². The fraction of sp³-hybridized carbons (Fsp3) is 0.267. The van der Waals surface area contributed by atoms with Crippen molar-refractivity contribution in [3.05, 3.63) is 28.1 Å². The van der Waals surface area contributed by atoms with E-state index in [1.807, 2.05) is 23.6 Å². The van der Waals surface area contributed by atoms with Crippen LogP contribution >= 0.6 is 39.5 Å². The van der Waals surface area contributed by atoms with Gasteiger partial charge in [-0.15, -0.1) is 11.3 Å². The zero-order chi connectivity index (χ0) is 17.0. The first-order valence-corrected chi connectivity index (χ1v) is 8.90. The van der Waals surface area contributed by atoms with Gasteiger partial charge in [0.15, 0.2) is 10.2 Å². The van der Waals surface area contributed by atoms with E-state index in [0.29, 0.717) is 5.13 Å². The van der Waals surface area contributed by atoms with Gasteiger partial charge >= 0.3 is 0 Å². The molecule has 122 valence electrons. The number of nitrogens with zero attached hydrogens (tertiary/aromatic N) is 1. The number of anilines is 1. The fourth-order valence-electron chi connectivity index (χ4n) is 1.67. The second kappa shape index (κ2) is 7.85. The molecule has 0 aliphatic carbocycles. The number of thiazole rings is 1. The van der Waals surface area contributed by atoms with Gasteiger partial charge in [0.1, 0.15) is 5.75 Å². The molecule has 0 saturated heterocycles. The number of benzene rings is 1. The highest BCUT2D eigenvalue weighted by Gasteiger charge is 2.11. The molecule has 0 bridgehead atoms. The third kappa shape index (κ3) is 4.73. The minimum absolute atomic E-state index is 0.127. The van der Waals surface area contributed by atoms with Crippen molar-refractivity contribution < 1.29 is 9.53 Å². The Labute approximate surface area is 152 Å². The first-order valence-electron chi connectivity index (χ1n) is 6.82. The number of thiocarbonyl (C=S) groups is 1. The molecule has 1 aromatic carbocycles. The molecule has 1 heterocycles. The van der Waals surface area contributed by atoms with Crippen molar-refractivity contribution in [2.45, 2.75) is 13.8 Å². The summed E-state index contributed by atoms with van der Waals surface area (Å²) in [6, 6.07) is 5.75. The molecule has 0 aliphatic heterocycles. The number of methoxy groups -OCH3 is 1. The predicted octanol–water partition coefficient (Wildman–Crippen LogP) is 4.05. The number of hydrogen-bond donors (Lipinski definition) is 2. The van der Waals surface area contributed by atoms with Crippen molar-refractivity contribution in [2.75, 3.05) is 12.4 Å². The molecule has 2 rings (SSSR count). The monoisotopic (exact) mass is 413 g/mol. The Bertz CT molecular complexity index is 731. The van der Waals surface area contributed by atoms with E-state index in [4.69, 9.17) is 17.0 Å². The highest BCUT2D eigenvalue weighted by atomic mass is 79.9. The number of halogens is 1. The van der Waals surface area contributed by atoms with Crippen LogP contribution in [0.1, 0.15) is 13.8 Å². The molecule has 8 heteroatoms. The molecule has 0 spiro atoms. The van der Waals surface area contributed by atoms with Crippen LogP contribution < -0.4 is 15.4 Å². The van der Waals surface area contributed by atoms with Crippen LogP contribution in [0.5, 0.6) is 5.75 Å². The molecule has 0 radical (unpaired) electrons. The minimum Gasteiger partial charge on any atom is -0.496 e. The zero-order valence-corrected chi connectivity index (χ0v) is 16.1. The Morgan fingerprint density at radius 3 is 2.78 bits per heavy atom. The molecule has 23 heavy (non-hydrogen) atoms. The van der Waals surface area contributed by atoms with Gasteiger partial charge in [-0.25, -0.2) is 4.98 Å². The van der Waals surface area contributed by atoms with Gasteiger partial charge in [-0.2, -0.15) is 0 Å². The molecule has 1 aromatic heterocycles. The molecular weight excluding hydrogens is 398 g/mol. The van der Waals surface area contributed by atoms with Crippen molar-refractivity contribution >= 4 is 55.6 Å². The molecular formula is C15H16BrN3O2S2. The number of aromatic nitrogens is 1. The van der Waals surface area contributed by atoms with E-state index in [1.54, 1.807) is 21.0 Å². The number of amides is 1. The van der Waals surface area contributed by atoms with Crippen molar-refractivity contribution in [3.8, 4) is 17.0 Å². The SMILES string of the molecule is COc1ccc(-c2csc(NC(=S)NC(=O)C(C)C)n2)cc1Br. The van der Waals surface area contributed by atoms with Crippen LogP contribution in [-0.2, 0) is 4.79 Å². The molecule has 1 amide bonds. The second-order valence-electron chi connectivity index (χ2n) is 4.99. The van der Waals surface area contributed by atoms with E-state index in [-0.39, 0.29) is 16.9 Å². The maximum absolute atomic E-state index is 11.6. The van der Waals surface area contributed by atoms with Crippen molar-refractivity contribution in [1.82, 2.24) is 10.3 Å². The quantitative estimate of drug-likeness (QED) is 0.740. The lowest BCUT2D eigenvalue weighted by molar-refractivity contribution is -0.122. The minimum atomic E-state index is -0.127. The molecule has 0 fully saturated rings. The topological polar surface area (TPSA) is 63.2 Å². The summed E-state index contributed by atoms with van der Waals surface area (Å²) in [5.41, 5.74) is 1.78. The van der Waals surface area contributed by atoms with Crippen molar-refractivity contribution in [3.63, 3.8) is 0 Å². The number of ether oxygens (including phenoxy) is 1. The van der Waals surface area contributed by atoms with E-state index in [1.165, 1.54) is 11.3 Å². The van der Waals surface area contributed by atoms with Gasteiger partial charge in [-0.05, 0) is 46.3 Å². The highest BCUT2D eigenvalue weighted by Crippen LogP contribution is 2.31.